The van der Waals surface area contributed by atoms with Crippen molar-refractivity contribution in [2.45, 2.75) is 19.5 Å². The van der Waals surface area contributed by atoms with Gasteiger partial charge in [-0.25, -0.2) is 8.78 Å². The highest BCUT2D eigenvalue weighted by molar-refractivity contribution is 14.1. The summed E-state index contributed by atoms with van der Waals surface area (Å²) in [6, 6.07) is 1.63. The van der Waals surface area contributed by atoms with E-state index in [1.807, 2.05) is 0 Å². The van der Waals surface area contributed by atoms with E-state index in [9.17, 15) is 26.7 Å². The van der Waals surface area contributed by atoms with E-state index in [4.69, 9.17) is 0 Å². The molecule has 7 heteroatoms. The molecule has 0 N–H and O–H groups in total. The summed E-state index contributed by atoms with van der Waals surface area (Å²) in [6.07, 6.45) is -8.25. The molecule has 0 radical (unpaired) electrons. The van der Waals surface area contributed by atoms with Crippen LogP contribution in [0.1, 0.15) is 34.8 Å². The summed E-state index contributed by atoms with van der Waals surface area (Å²) in [5.41, 5.74) is -3.28. The maximum atomic E-state index is 12.7. The number of ketones is 1. The molecule has 17 heavy (non-hydrogen) atoms. The minimum atomic E-state index is -4.91. The van der Waals surface area contributed by atoms with Crippen molar-refractivity contribution in [3.8, 4) is 0 Å². The molecule has 0 saturated heterocycles. The number of halogens is 6. The molecule has 1 nitrogen and oxygen atoms in total. The molecule has 0 amide bonds. The maximum Gasteiger partial charge on any atom is 0.416 e. The van der Waals surface area contributed by atoms with Gasteiger partial charge in [0.05, 0.1) is 5.56 Å². The smallest absolute Gasteiger partial charge is 0.294 e. The van der Waals surface area contributed by atoms with E-state index < -0.39 is 35.1 Å². The molecule has 0 atom stereocenters. The Balaban J connectivity index is 3.64. The first-order chi connectivity index (χ1) is 7.64. The van der Waals surface area contributed by atoms with E-state index in [-0.39, 0.29) is 3.57 Å². The van der Waals surface area contributed by atoms with Crippen LogP contribution in [0.5, 0.6) is 0 Å². The van der Waals surface area contributed by atoms with Crippen molar-refractivity contribution < 1.29 is 26.7 Å². The minimum Gasteiger partial charge on any atom is -0.294 e. The third-order valence-electron chi connectivity index (χ3n) is 2.05. The van der Waals surface area contributed by atoms with Gasteiger partial charge in [-0.05, 0) is 41.6 Å². The summed E-state index contributed by atoms with van der Waals surface area (Å²) in [5.74, 6) is -0.815. The normalized spacial score (nSPS) is 12.0. The van der Waals surface area contributed by atoms with Crippen molar-refractivity contribution in [1.82, 2.24) is 0 Å². The van der Waals surface area contributed by atoms with Crippen molar-refractivity contribution in [2.75, 3.05) is 0 Å². The zero-order chi connectivity index (χ0) is 13.4. The van der Waals surface area contributed by atoms with Gasteiger partial charge in [-0.2, -0.15) is 13.2 Å². The largest absolute Gasteiger partial charge is 0.416 e. The topological polar surface area (TPSA) is 17.1 Å². The lowest BCUT2D eigenvalue weighted by Gasteiger charge is -2.15. The molecule has 0 aliphatic rings. The molecule has 0 saturated carbocycles. The number of Topliss-reactive ketones (excluding diaryl/α,β-unsaturated/α-hetero) is 1. The van der Waals surface area contributed by atoms with Crippen LogP contribution in [0.4, 0.5) is 22.0 Å². The summed E-state index contributed by atoms with van der Waals surface area (Å²) in [5, 5.41) is 0. The molecular weight excluding hydrogens is 358 g/mol. The lowest BCUT2D eigenvalue weighted by molar-refractivity contribution is -0.139. The summed E-state index contributed by atoms with van der Waals surface area (Å²) in [6.45, 7) is 0.956. The Labute approximate surface area is 107 Å². The average Bonchev–Trinajstić information content (AvgIpc) is 2.14. The zero-order valence-corrected chi connectivity index (χ0v) is 10.6. The summed E-state index contributed by atoms with van der Waals surface area (Å²) >= 11 is 1.55. The molecule has 0 aromatic heterocycles. The second kappa shape index (κ2) is 4.87. The standard InChI is InChI=1S/C10H6F5IO/c1-4(17)6-2-5(16)3-7(10(13,14)15)8(6)9(11)12/h2-3,9H,1H3. The predicted octanol–water partition coefficient (Wildman–Crippen LogP) is 4.45. The van der Waals surface area contributed by atoms with Crippen molar-refractivity contribution in [2.24, 2.45) is 0 Å². The molecule has 0 spiro atoms. The van der Waals surface area contributed by atoms with Gasteiger partial charge in [-0.1, -0.05) is 0 Å². The van der Waals surface area contributed by atoms with Gasteiger partial charge in [0.15, 0.2) is 5.78 Å². The number of alkyl halides is 5. The molecule has 94 valence electrons. The van der Waals surface area contributed by atoms with Gasteiger partial charge in [0.25, 0.3) is 6.43 Å². The minimum absolute atomic E-state index is 0.0875. The van der Waals surface area contributed by atoms with Gasteiger partial charge < -0.3 is 0 Å². The van der Waals surface area contributed by atoms with Gasteiger partial charge in [0.1, 0.15) is 0 Å². The summed E-state index contributed by atoms with van der Waals surface area (Å²) < 4.78 is 63.2. The monoisotopic (exact) mass is 364 g/mol. The highest BCUT2D eigenvalue weighted by atomic mass is 127. The van der Waals surface area contributed by atoms with Crippen molar-refractivity contribution in [3.05, 3.63) is 32.4 Å². The Kier molecular flexibility index (Phi) is 4.11. The second-order valence-electron chi connectivity index (χ2n) is 3.27. The third kappa shape index (κ3) is 3.14. The Bertz CT molecular complexity index is 453. The van der Waals surface area contributed by atoms with E-state index in [0.717, 1.165) is 13.0 Å². The van der Waals surface area contributed by atoms with Crippen LogP contribution < -0.4 is 0 Å². The summed E-state index contributed by atoms with van der Waals surface area (Å²) in [4.78, 5) is 11.1. The Hall–Kier alpha value is -0.730. The van der Waals surface area contributed by atoms with Crippen LogP contribution in [0.15, 0.2) is 12.1 Å². The molecule has 0 bridgehead atoms. The molecule has 0 aliphatic heterocycles. The van der Waals surface area contributed by atoms with Crippen LogP contribution in [0, 0.1) is 3.57 Å². The van der Waals surface area contributed by atoms with Crippen LogP contribution in [-0.4, -0.2) is 5.78 Å². The van der Waals surface area contributed by atoms with E-state index in [2.05, 4.69) is 0 Å². The fraction of sp³-hybridized carbons (Fsp3) is 0.300. The van der Waals surface area contributed by atoms with Crippen LogP contribution >= 0.6 is 22.6 Å². The maximum absolute atomic E-state index is 12.7. The molecular formula is C10H6F5IO. The van der Waals surface area contributed by atoms with Gasteiger partial charge in [0.2, 0.25) is 0 Å². The van der Waals surface area contributed by atoms with E-state index in [0.29, 0.717) is 6.07 Å². The molecule has 0 aliphatic carbocycles. The fourth-order valence-electron chi connectivity index (χ4n) is 1.38. The molecule has 1 aromatic carbocycles. The van der Waals surface area contributed by atoms with Crippen LogP contribution in [0.3, 0.4) is 0 Å². The predicted molar refractivity (Wildman–Crippen MR) is 59.1 cm³/mol. The lowest BCUT2D eigenvalue weighted by atomic mass is 9.98. The second-order valence-corrected chi connectivity index (χ2v) is 4.51. The quantitative estimate of drug-likeness (QED) is 0.431. The first-order valence-corrected chi connectivity index (χ1v) is 5.42. The first kappa shape index (κ1) is 14.3. The Morgan fingerprint density at radius 2 is 1.82 bits per heavy atom. The van der Waals surface area contributed by atoms with Crippen LogP contribution in [0.2, 0.25) is 0 Å². The molecule has 0 heterocycles. The lowest BCUT2D eigenvalue weighted by Crippen LogP contribution is -2.14. The SMILES string of the molecule is CC(=O)c1cc(I)cc(C(F)(F)F)c1C(F)F. The number of benzene rings is 1. The highest BCUT2D eigenvalue weighted by Gasteiger charge is 2.38. The molecule has 1 rings (SSSR count). The highest BCUT2D eigenvalue weighted by Crippen LogP contribution is 2.39. The van der Waals surface area contributed by atoms with E-state index in [1.54, 1.807) is 22.6 Å². The number of carbonyl (C=O) groups excluding carboxylic acids is 1. The molecule has 0 unspecified atom stereocenters. The Morgan fingerprint density at radius 3 is 2.18 bits per heavy atom. The van der Waals surface area contributed by atoms with Crippen molar-refractivity contribution in [3.63, 3.8) is 0 Å². The molecule has 1 aromatic rings. The van der Waals surface area contributed by atoms with Crippen LogP contribution in [0.25, 0.3) is 0 Å². The Morgan fingerprint density at radius 1 is 1.29 bits per heavy atom. The number of hydrogen-bond donors (Lipinski definition) is 0. The average molecular weight is 364 g/mol. The first-order valence-electron chi connectivity index (χ1n) is 4.34. The van der Waals surface area contributed by atoms with Crippen molar-refractivity contribution in [1.29, 1.82) is 0 Å². The molecule has 0 fully saturated rings. The van der Waals surface area contributed by atoms with E-state index in [1.165, 1.54) is 0 Å². The number of hydrogen-bond acceptors (Lipinski definition) is 1. The van der Waals surface area contributed by atoms with E-state index >= 15 is 0 Å². The third-order valence-corrected chi connectivity index (χ3v) is 2.67. The summed E-state index contributed by atoms with van der Waals surface area (Å²) in [7, 11) is 0. The van der Waals surface area contributed by atoms with Crippen molar-refractivity contribution >= 4 is 28.4 Å². The van der Waals surface area contributed by atoms with Gasteiger partial charge in [0, 0.05) is 14.7 Å². The van der Waals surface area contributed by atoms with Gasteiger partial charge in [-0.15, -0.1) is 0 Å². The van der Waals surface area contributed by atoms with Gasteiger partial charge in [-0.3, -0.25) is 4.79 Å². The number of rotatable bonds is 2. The van der Waals surface area contributed by atoms with Gasteiger partial charge >= 0.3 is 6.18 Å². The van der Waals surface area contributed by atoms with Crippen LogP contribution in [-0.2, 0) is 6.18 Å². The number of carbonyl (C=O) groups is 1. The zero-order valence-electron chi connectivity index (χ0n) is 8.41. The fourth-order valence-corrected chi connectivity index (χ4v) is 2.00.